The van der Waals surface area contributed by atoms with Crippen molar-refractivity contribution in [3.63, 3.8) is 0 Å². The summed E-state index contributed by atoms with van der Waals surface area (Å²) in [5.41, 5.74) is 1.82. The molecule has 1 aliphatic rings. The van der Waals surface area contributed by atoms with E-state index in [1.807, 2.05) is 24.3 Å². The SMILES string of the molecule is COc1cccc([C@H](CNC(=O)Nc2cccc(Cl)c2)N2CCCC2)c1. The first-order chi connectivity index (χ1) is 12.7. The Balaban J connectivity index is 1.66. The maximum atomic E-state index is 12.3. The van der Waals surface area contributed by atoms with Crippen molar-refractivity contribution in [1.82, 2.24) is 10.2 Å². The number of urea groups is 1. The number of benzene rings is 2. The Labute approximate surface area is 159 Å². The standard InChI is InChI=1S/C20H24ClN3O2/c1-26-18-9-4-6-15(12-18)19(24-10-2-3-11-24)14-22-20(25)23-17-8-5-7-16(21)13-17/h4-9,12-13,19H,2-3,10-11,14H2,1H3,(H2,22,23,25)/t19-/m0/s1. The maximum absolute atomic E-state index is 12.3. The number of anilines is 1. The lowest BCUT2D eigenvalue weighted by molar-refractivity contribution is 0.227. The molecular weight excluding hydrogens is 350 g/mol. The molecule has 2 aromatic carbocycles. The third-order valence-corrected chi connectivity index (χ3v) is 4.83. The van der Waals surface area contributed by atoms with Gasteiger partial charge in [-0.2, -0.15) is 0 Å². The first-order valence-electron chi connectivity index (χ1n) is 8.84. The summed E-state index contributed by atoms with van der Waals surface area (Å²) in [6.07, 6.45) is 2.38. The van der Waals surface area contributed by atoms with Gasteiger partial charge in [-0.25, -0.2) is 4.79 Å². The monoisotopic (exact) mass is 373 g/mol. The predicted molar refractivity (Wildman–Crippen MR) is 105 cm³/mol. The van der Waals surface area contributed by atoms with Gasteiger partial charge in [-0.15, -0.1) is 0 Å². The number of likely N-dealkylation sites (tertiary alicyclic amines) is 1. The van der Waals surface area contributed by atoms with Crippen LogP contribution in [0.15, 0.2) is 48.5 Å². The molecule has 2 N–H and O–H groups in total. The third-order valence-electron chi connectivity index (χ3n) is 4.60. The van der Waals surface area contributed by atoms with Gasteiger partial charge in [0.2, 0.25) is 0 Å². The van der Waals surface area contributed by atoms with Crippen molar-refractivity contribution >= 4 is 23.3 Å². The molecule has 0 aliphatic carbocycles. The highest BCUT2D eigenvalue weighted by Gasteiger charge is 2.24. The maximum Gasteiger partial charge on any atom is 0.319 e. The number of amides is 2. The van der Waals surface area contributed by atoms with Crippen LogP contribution in [0.25, 0.3) is 0 Å². The number of methoxy groups -OCH3 is 1. The third kappa shape index (κ3) is 4.90. The van der Waals surface area contributed by atoms with Gasteiger partial charge in [-0.3, -0.25) is 4.90 Å². The number of hydrogen-bond donors (Lipinski definition) is 2. The summed E-state index contributed by atoms with van der Waals surface area (Å²) < 4.78 is 5.35. The molecule has 3 rings (SSSR count). The summed E-state index contributed by atoms with van der Waals surface area (Å²) in [6.45, 7) is 2.61. The highest BCUT2D eigenvalue weighted by Crippen LogP contribution is 2.27. The van der Waals surface area contributed by atoms with E-state index in [4.69, 9.17) is 16.3 Å². The van der Waals surface area contributed by atoms with Crippen LogP contribution in [0.4, 0.5) is 10.5 Å². The Morgan fingerprint density at radius 2 is 1.96 bits per heavy atom. The van der Waals surface area contributed by atoms with Crippen LogP contribution in [0.2, 0.25) is 5.02 Å². The molecule has 0 radical (unpaired) electrons. The molecule has 1 heterocycles. The lowest BCUT2D eigenvalue weighted by atomic mass is 10.1. The largest absolute Gasteiger partial charge is 0.497 e. The van der Waals surface area contributed by atoms with Crippen molar-refractivity contribution < 1.29 is 9.53 Å². The second-order valence-electron chi connectivity index (χ2n) is 6.38. The Hall–Kier alpha value is -2.24. The zero-order chi connectivity index (χ0) is 18.4. The van der Waals surface area contributed by atoms with Crippen LogP contribution in [-0.2, 0) is 0 Å². The van der Waals surface area contributed by atoms with Crippen LogP contribution in [-0.4, -0.2) is 37.7 Å². The molecule has 0 unspecified atom stereocenters. The van der Waals surface area contributed by atoms with Crippen molar-refractivity contribution in [3.05, 3.63) is 59.1 Å². The molecule has 0 spiro atoms. The van der Waals surface area contributed by atoms with Crippen LogP contribution in [0, 0.1) is 0 Å². The zero-order valence-electron chi connectivity index (χ0n) is 14.9. The molecule has 1 saturated heterocycles. The molecular formula is C20H24ClN3O2. The van der Waals surface area contributed by atoms with Gasteiger partial charge in [0.1, 0.15) is 5.75 Å². The van der Waals surface area contributed by atoms with E-state index >= 15 is 0 Å². The van der Waals surface area contributed by atoms with Gasteiger partial charge in [-0.1, -0.05) is 29.8 Å². The minimum atomic E-state index is -0.237. The van der Waals surface area contributed by atoms with Gasteiger partial charge in [-0.05, 0) is 61.8 Å². The van der Waals surface area contributed by atoms with Crippen molar-refractivity contribution in [2.45, 2.75) is 18.9 Å². The summed E-state index contributed by atoms with van der Waals surface area (Å²) in [7, 11) is 1.67. The highest BCUT2D eigenvalue weighted by atomic mass is 35.5. The molecule has 5 nitrogen and oxygen atoms in total. The van der Waals surface area contributed by atoms with E-state index in [1.54, 1.807) is 25.3 Å². The van der Waals surface area contributed by atoms with E-state index in [1.165, 1.54) is 12.8 Å². The molecule has 2 amide bonds. The number of carbonyl (C=O) groups is 1. The van der Waals surface area contributed by atoms with E-state index in [9.17, 15) is 4.79 Å². The second kappa shape index (κ2) is 8.92. The number of rotatable bonds is 6. The molecule has 0 bridgehead atoms. The number of ether oxygens (including phenoxy) is 1. The fourth-order valence-electron chi connectivity index (χ4n) is 3.29. The molecule has 26 heavy (non-hydrogen) atoms. The Morgan fingerprint density at radius 3 is 2.69 bits per heavy atom. The van der Waals surface area contributed by atoms with E-state index in [0.29, 0.717) is 17.3 Å². The summed E-state index contributed by atoms with van der Waals surface area (Å²) in [5.74, 6) is 0.829. The Kier molecular flexibility index (Phi) is 6.36. The van der Waals surface area contributed by atoms with Gasteiger partial charge < -0.3 is 15.4 Å². The van der Waals surface area contributed by atoms with Crippen molar-refractivity contribution in [2.24, 2.45) is 0 Å². The van der Waals surface area contributed by atoms with Gasteiger partial charge in [0.05, 0.1) is 13.2 Å². The predicted octanol–water partition coefficient (Wildman–Crippen LogP) is 4.31. The highest BCUT2D eigenvalue weighted by molar-refractivity contribution is 6.30. The molecule has 1 aliphatic heterocycles. The van der Waals surface area contributed by atoms with Crippen LogP contribution in [0.1, 0.15) is 24.4 Å². The first kappa shape index (κ1) is 18.5. The van der Waals surface area contributed by atoms with Gasteiger partial charge in [0, 0.05) is 17.3 Å². The number of nitrogens with zero attached hydrogens (tertiary/aromatic N) is 1. The molecule has 2 aromatic rings. The van der Waals surface area contributed by atoms with Gasteiger partial charge >= 0.3 is 6.03 Å². The smallest absolute Gasteiger partial charge is 0.319 e. The van der Waals surface area contributed by atoms with E-state index in [-0.39, 0.29) is 12.1 Å². The number of halogens is 1. The quantitative estimate of drug-likeness (QED) is 0.793. The molecule has 0 saturated carbocycles. The molecule has 1 atom stereocenters. The lowest BCUT2D eigenvalue weighted by Gasteiger charge is -2.28. The molecule has 0 aromatic heterocycles. The Bertz CT molecular complexity index is 747. The molecule has 6 heteroatoms. The van der Waals surface area contributed by atoms with Crippen molar-refractivity contribution in [3.8, 4) is 5.75 Å². The van der Waals surface area contributed by atoms with Crippen LogP contribution in [0.3, 0.4) is 0 Å². The minimum absolute atomic E-state index is 0.123. The van der Waals surface area contributed by atoms with Gasteiger partial charge in [0.25, 0.3) is 0 Å². The fraction of sp³-hybridized carbons (Fsp3) is 0.350. The molecule has 138 valence electrons. The minimum Gasteiger partial charge on any atom is -0.497 e. The summed E-state index contributed by atoms with van der Waals surface area (Å²) in [5, 5.41) is 6.40. The summed E-state index contributed by atoms with van der Waals surface area (Å²) >= 11 is 5.96. The van der Waals surface area contributed by atoms with Crippen LogP contribution < -0.4 is 15.4 Å². The Morgan fingerprint density at radius 1 is 1.19 bits per heavy atom. The van der Waals surface area contributed by atoms with E-state index < -0.39 is 0 Å². The van der Waals surface area contributed by atoms with E-state index in [2.05, 4.69) is 21.6 Å². The van der Waals surface area contributed by atoms with Gasteiger partial charge in [0.15, 0.2) is 0 Å². The molecule has 1 fully saturated rings. The number of nitrogens with one attached hydrogen (secondary N) is 2. The zero-order valence-corrected chi connectivity index (χ0v) is 15.6. The average molecular weight is 374 g/mol. The first-order valence-corrected chi connectivity index (χ1v) is 9.22. The van der Waals surface area contributed by atoms with Crippen molar-refractivity contribution in [2.75, 3.05) is 32.1 Å². The normalized spacial score (nSPS) is 15.5. The number of carbonyl (C=O) groups excluding carboxylic acids is 1. The van der Waals surface area contributed by atoms with Crippen molar-refractivity contribution in [1.29, 1.82) is 0 Å². The average Bonchev–Trinajstić information content (AvgIpc) is 3.16. The summed E-state index contributed by atoms with van der Waals surface area (Å²) in [6, 6.07) is 15.1. The topological polar surface area (TPSA) is 53.6 Å². The fourth-order valence-corrected chi connectivity index (χ4v) is 3.48. The van der Waals surface area contributed by atoms with Crippen LogP contribution in [0.5, 0.6) is 5.75 Å². The van der Waals surface area contributed by atoms with Crippen LogP contribution >= 0.6 is 11.6 Å². The summed E-state index contributed by atoms with van der Waals surface area (Å²) in [4.78, 5) is 14.7. The van der Waals surface area contributed by atoms with E-state index in [0.717, 1.165) is 24.4 Å². The lowest BCUT2D eigenvalue weighted by Crippen LogP contribution is -2.38. The second-order valence-corrected chi connectivity index (χ2v) is 6.82. The number of hydrogen-bond acceptors (Lipinski definition) is 3.